The molecular formula is C11H5F4N. The van der Waals surface area contributed by atoms with Crippen LogP contribution >= 0.6 is 0 Å². The number of nitrogens with zero attached hydrogens (tertiary/aromatic N) is 1. The fourth-order valence-electron chi connectivity index (χ4n) is 1.32. The van der Waals surface area contributed by atoms with Crippen molar-refractivity contribution in [1.29, 1.82) is 0 Å². The Morgan fingerprint density at radius 1 is 0.875 bits per heavy atom. The average Bonchev–Trinajstić information content (AvgIpc) is 2.20. The second kappa shape index (κ2) is 3.92. The third-order valence-electron chi connectivity index (χ3n) is 2.01. The zero-order valence-electron chi connectivity index (χ0n) is 7.85. The predicted octanol–water partition coefficient (Wildman–Crippen LogP) is 3.31. The maximum absolute atomic E-state index is 13.3. The van der Waals surface area contributed by atoms with Gasteiger partial charge in [-0.2, -0.15) is 0 Å². The highest BCUT2D eigenvalue weighted by Gasteiger charge is 2.16. The minimum atomic E-state index is -1.11. The molecule has 1 aromatic heterocycles. The van der Waals surface area contributed by atoms with Gasteiger partial charge in [0.1, 0.15) is 23.1 Å². The van der Waals surface area contributed by atoms with Crippen molar-refractivity contribution in [2.24, 2.45) is 0 Å². The van der Waals surface area contributed by atoms with Gasteiger partial charge in [-0.3, -0.25) is 0 Å². The zero-order valence-corrected chi connectivity index (χ0v) is 7.85. The molecule has 0 aliphatic carbocycles. The van der Waals surface area contributed by atoms with E-state index in [4.69, 9.17) is 0 Å². The molecule has 2 aromatic rings. The fourth-order valence-corrected chi connectivity index (χ4v) is 1.32. The van der Waals surface area contributed by atoms with Gasteiger partial charge in [0, 0.05) is 6.07 Å². The minimum absolute atomic E-state index is 0.522. The lowest BCUT2D eigenvalue weighted by molar-refractivity contribution is 0.563. The Balaban J connectivity index is 2.68. The molecule has 0 amide bonds. The molecule has 0 saturated carbocycles. The number of halogens is 4. The van der Waals surface area contributed by atoms with E-state index in [2.05, 4.69) is 4.98 Å². The third kappa shape index (κ3) is 1.76. The van der Waals surface area contributed by atoms with Crippen molar-refractivity contribution in [3.8, 4) is 11.3 Å². The van der Waals surface area contributed by atoms with Gasteiger partial charge in [0.05, 0.1) is 11.8 Å². The molecule has 0 aliphatic heterocycles. The Morgan fingerprint density at radius 3 is 2.06 bits per heavy atom. The number of benzene rings is 1. The molecule has 1 heterocycles. The summed E-state index contributed by atoms with van der Waals surface area (Å²) in [6.07, 6.45) is 0.699. The van der Waals surface area contributed by atoms with Crippen LogP contribution < -0.4 is 0 Å². The van der Waals surface area contributed by atoms with Gasteiger partial charge in [-0.25, -0.2) is 22.5 Å². The first-order chi connectivity index (χ1) is 7.59. The maximum Gasteiger partial charge on any atom is 0.152 e. The molecule has 0 fully saturated rings. The SMILES string of the molecule is Fc1cnc(-c2c(F)cccc2F)c(F)c1. The first-order valence-corrected chi connectivity index (χ1v) is 4.35. The van der Waals surface area contributed by atoms with Gasteiger partial charge >= 0.3 is 0 Å². The lowest BCUT2D eigenvalue weighted by Crippen LogP contribution is -1.96. The highest BCUT2D eigenvalue weighted by atomic mass is 19.1. The molecule has 16 heavy (non-hydrogen) atoms. The molecule has 0 atom stereocenters. The summed E-state index contributed by atoms with van der Waals surface area (Å²) in [4.78, 5) is 3.34. The molecule has 5 heteroatoms. The fraction of sp³-hybridized carbons (Fsp3) is 0. The normalized spacial score (nSPS) is 10.5. The minimum Gasteiger partial charge on any atom is -0.250 e. The summed E-state index contributed by atoms with van der Waals surface area (Å²) in [6.45, 7) is 0. The lowest BCUT2D eigenvalue weighted by atomic mass is 10.1. The monoisotopic (exact) mass is 227 g/mol. The van der Waals surface area contributed by atoms with Crippen LogP contribution in [0.2, 0.25) is 0 Å². The van der Waals surface area contributed by atoms with E-state index in [1.54, 1.807) is 0 Å². The van der Waals surface area contributed by atoms with Crippen LogP contribution in [0.5, 0.6) is 0 Å². The van der Waals surface area contributed by atoms with Crippen LogP contribution in [0.15, 0.2) is 30.5 Å². The highest BCUT2D eigenvalue weighted by Crippen LogP contribution is 2.26. The molecule has 0 radical (unpaired) electrons. The van der Waals surface area contributed by atoms with Gasteiger partial charge in [-0.05, 0) is 12.1 Å². The smallest absolute Gasteiger partial charge is 0.152 e. The van der Waals surface area contributed by atoms with E-state index in [0.717, 1.165) is 18.2 Å². The lowest BCUT2D eigenvalue weighted by Gasteiger charge is -2.04. The molecule has 1 aromatic carbocycles. The summed E-state index contributed by atoms with van der Waals surface area (Å²) in [6, 6.07) is 3.62. The summed E-state index contributed by atoms with van der Waals surface area (Å²) in [7, 11) is 0. The Hall–Kier alpha value is -1.91. The van der Waals surface area contributed by atoms with Crippen molar-refractivity contribution in [2.75, 3.05) is 0 Å². The summed E-state index contributed by atoms with van der Waals surface area (Å²) >= 11 is 0. The van der Waals surface area contributed by atoms with E-state index in [0.29, 0.717) is 12.3 Å². The summed E-state index contributed by atoms with van der Waals surface area (Å²) in [5.41, 5.74) is -1.14. The molecule has 0 unspecified atom stereocenters. The average molecular weight is 227 g/mol. The van der Waals surface area contributed by atoms with Gasteiger partial charge < -0.3 is 0 Å². The predicted molar refractivity (Wildman–Crippen MR) is 49.5 cm³/mol. The van der Waals surface area contributed by atoms with Gasteiger partial charge in [0.2, 0.25) is 0 Å². The Bertz CT molecular complexity index is 519. The van der Waals surface area contributed by atoms with Gasteiger partial charge in [0.15, 0.2) is 5.82 Å². The standard InChI is InChI=1S/C11H5F4N/c12-6-4-9(15)11(16-5-6)10-7(13)2-1-3-8(10)14/h1-5H. The van der Waals surface area contributed by atoms with Crippen LogP contribution in [0.4, 0.5) is 17.6 Å². The van der Waals surface area contributed by atoms with Crippen molar-refractivity contribution in [3.63, 3.8) is 0 Å². The van der Waals surface area contributed by atoms with Crippen molar-refractivity contribution in [1.82, 2.24) is 4.98 Å². The van der Waals surface area contributed by atoms with E-state index in [1.165, 1.54) is 0 Å². The van der Waals surface area contributed by atoms with E-state index >= 15 is 0 Å². The first kappa shape index (κ1) is 10.6. The highest BCUT2D eigenvalue weighted by molar-refractivity contribution is 5.61. The van der Waals surface area contributed by atoms with E-state index in [-0.39, 0.29) is 0 Å². The molecule has 0 spiro atoms. The molecule has 82 valence electrons. The number of rotatable bonds is 1. The third-order valence-corrected chi connectivity index (χ3v) is 2.01. The summed E-state index contributed by atoms with van der Waals surface area (Å²) < 4.78 is 52.4. The number of hydrogen-bond donors (Lipinski definition) is 0. The Labute approximate surface area is 88.4 Å². The Kier molecular flexibility index (Phi) is 2.60. The van der Waals surface area contributed by atoms with Crippen LogP contribution in [0.3, 0.4) is 0 Å². The van der Waals surface area contributed by atoms with Crippen LogP contribution in [0.1, 0.15) is 0 Å². The number of hydrogen-bond acceptors (Lipinski definition) is 1. The molecule has 1 nitrogen and oxygen atoms in total. The topological polar surface area (TPSA) is 12.9 Å². The van der Waals surface area contributed by atoms with E-state index < -0.39 is 34.5 Å². The van der Waals surface area contributed by atoms with Crippen molar-refractivity contribution < 1.29 is 17.6 Å². The van der Waals surface area contributed by atoms with Crippen LogP contribution in [-0.2, 0) is 0 Å². The van der Waals surface area contributed by atoms with Gasteiger partial charge in [-0.1, -0.05) is 6.07 Å². The molecule has 0 saturated heterocycles. The van der Waals surface area contributed by atoms with Crippen molar-refractivity contribution >= 4 is 0 Å². The summed E-state index contributed by atoms with van der Waals surface area (Å²) in [5.74, 6) is -3.90. The molecule has 0 bridgehead atoms. The largest absolute Gasteiger partial charge is 0.250 e. The zero-order chi connectivity index (χ0) is 11.7. The van der Waals surface area contributed by atoms with Gasteiger partial charge in [0.25, 0.3) is 0 Å². The number of aromatic nitrogens is 1. The maximum atomic E-state index is 13.3. The van der Waals surface area contributed by atoms with Crippen LogP contribution in [-0.4, -0.2) is 4.98 Å². The van der Waals surface area contributed by atoms with Crippen LogP contribution in [0.25, 0.3) is 11.3 Å². The quantitative estimate of drug-likeness (QED) is 0.681. The van der Waals surface area contributed by atoms with E-state index in [9.17, 15) is 17.6 Å². The van der Waals surface area contributed by atoms with Crippen LogP contribution in [0, 0.1) is 23.3 Å². The second-order valence-electron chi connectivity index (χ2n) is 3.08. The summed E-state index contributed by atoms with van der Waals surface area (Å²) in [5, 5.41) is 0. The van der Waals surface area contributed by atoms with Crippen molar-refractivity contribution in [3.05, 3.63) is 53.7 Å². The van der Waals surface area contributed by atoms with Gasteiger partial charge in [-0.15, -0.1) is 0 Å². The second-order valence-corrected chi connectivity index (χ2v) is 3.08. The van der Waals surface area contributed by atoms with Crippen molar-refractivity contribution in [2.45, 2.75) is 0 Å². The molecule has 2 rings (SSSR count). The number of pyridine rings is 1. The van der Waals surface area contributed by atoms with E-state index in [1.807, 2.05) is 0 Å². The molecule has 0 aliphatic rings. The molecule has 0 N–H and O–H groups in total. The first-order valence-electron chi connectivity index (χ1n) is 4.35. The Morgan fingerprint density at radius 2 is 1.50 bits per heavy atom. The molecular weight excluding hydrogens is 222 g/mol.